The molecule has 94 valence electrons. The lowest BCUT2D eigenvalue weighted by Gasteiger charge is -2.16. The Balaban J connectivity index is 2.04. The zero-order chi connectivity index (χ0) is 12.3. The molecule has 2 rings (SSSR count). The molecule has 0 saturated heterocycles. The van der Waals surface area contributed by atoms with Gasteiger partial charge in [-0.2, -0.15) is 0 Å². The third-order valence-corrected chi connectivity index (χ3v) is 3.31. The molecule has 1 saturated carbocycles. The van der Waals surface area contributed by atoms with Gasteiger partial charge in [-0.05, 0) is 62.6 Å². The van der Waals surface area contributed by atoms with Gasteiger partial charge in [0.05, 0.1) is 6.10 Å². The predicted octanol–water partition coefficient (Wildman–Crippen LogP) is 3.35. The molecule has 1 fully saturated rings. The molecule has 1 atom stereocenters. The summed E-state index contributed by atoms with van der Waals surface area (Å²) < 4.78 is 5.64. The number of hydrogen-bond acceptors (Lipinski definition) is 2. The van der Waals surface area contributed by atoms with Gasteiger partial charge >= 0.3 is 0 Å². The minimum Gasteiger partial charge on any atom is -0.491 e. The minimum atomic E-state index is 0.220. The van der Waals surface area contributed by atoms with Crippen molar-refractivity contribution in [1.29, 1.82) is 0 Å². The summed E-state index contributed by atoms with van der Waals surface area (Å²) in [6.07, 6.45) is 3.73. The highest BCUT2D eigenvalue weighted by Crippen LogP contribution is 2.44. The van der Waals surface area contributed by atoms with Gasteiger partial charge in [0, 0.05) is 6.61 Å². The van der Waals surface area contributed by atoms with Gasteiger partial charge in [-0.25, -0.2) is 0 Å². The van der Waals surface area contributed by atoms with Crippen LogP contribution in [0.25, 0.3) is 0 Å². The Morgan fingerprint density at radius 3 is 2.35 bits per heavy atom. The summed E-state index contributed by atoms with van der Waals surface area (Å²) in [5, 5.41) is 9.12. The number of aliphatic hydroxyl groups is 1. The van der Waals surface area contributed by atoms with Gasteiger partial charge in [0.2, 0.25) is 0 Å². The summed E-state index contributed by atoms with van der Waals surface area (Å²) in [6.45, 7) is 4.35. The fourth-order valence-corrected chi connectivity index (χ4v) is 2.38. The molecule has 0 amide bonds. The molecule has 2 heteroatoms. The van der Waals surface area contributed by atoms with Crippen LogP contribution in [0.5, 0.6) is 5.75 Å². The second-order valence-corrected chi connectivity index (χ2v) is 5.19. The Morgan fingerprint density at radius 1 is 1.24 bits per heavy atom. The maximum atomic E-state index is 9.12. The Morgan fingerprint density at radius 2 is 1.88 bits per heavy atom. The Bertz CT molecular complexity index is 338. The van der Waals surface area contributed by atoms with E-state index in [0.29, 0.717) is 5.92 Å². The first-order valence-electron chi connectivity index (χ1n) is 6.58. The molecular weight excluding hydrogens is 212 g/mol. The van der Waals surface area contributed by atoms with Gasteiger partial charge in [-0.1, -0.05) is 12.1 Å². The summed E-state index contributed by atoms with van der Waals surface area (Å²) in [6, 6.07) is 8.39. The number of benzene rings is 1. The average molecular weight is 234 g/mol. The van der Waals surface area contributed by atoms with E-state index < -0.39 is 0 Å². The first-order chi connectivity index (χ1) is 8.20. The van der Waals surface area contributed by atoms with Crippen LogP contribution in [-0.4, -0.2) is 17.8 Å². The second-order valence-electron chi connectivity index (χ2n) is 5.19. The fraction of sp³-hybridized carbons (Fsp3) is 0.600. The Labute approximate surface area is 104 Å². The van der Waals surface area contributed by atoms with E-state index in [1.165, 1.54) is 18.4 Å². The molecule has 0 aromatic heterocycles. The molecule has 0 radical (unpaired) electrons. The van der Waals surface area contributed by atoms with Gasteiger partial charge in [0.25, 0.3) is 0 Å². The van der Waals surface area contributed by atoms with Gasteiger partial charge in [0.1, 0.15) is 5.75 Å². The maximum absolute atomic E-state index is 9.12. The summed E-state index contributed by atoms with van der Waals surface area (Å²) in [4.78, 5) is 0. The van der Waals surface area contributed by atoms with Crippen molar-refractivity contribution in [2.75, 3.05) is 6.61 Å². The number of rotatable bonds is 6. The largest absolute Gasteiger partial charge is 0.491 e. The van der Waals surface area contributed by atoms with E-state index in [0.717, 1.165) is 18.1 Å². The van der Waals surface area contributed by atoms with Crippen molar-refractivity contribution < 1.29 is 9.84 Å². The van der Waals surface area contributed by atoms with Crippen molar-refractivity contribution in [3.05, 3.63) is 29.8 Å². The quantitative estimate of drug-likeness (QED) is 0.818. The fourth-order valence-electron chi connectivity index (χ4n) is 2.38. The molecule has 0 bridgehead atoms. The van der Waals surface area contributed by atoms with Crippen LogP contribution in [0, 0.1) is 5.92 Å². The van der Waals surface area contributed by atoms with Crippen molar-refractivity contribution in [3.8, 4) is 5.75 Å². The van der Waals surface area contributed by atoms with E-state index in [1.807, 2.05) is 26.0 Å². The van der Waals surface area contributed by atoms with Crippen molar-refractivity contribution >= 4 is 0 Å². The molecule has 0 aliphatic heterocycles. The molecule has 1 unspecified atom stereocenters. The average Bonchev–Trinajstić information content (AvgIpc) is 3.10. The number of aliphatic hydroxyl groups excluding tert-OH is 1. The first-order valence-corrected chi connectivity index (χ1v) is 6.58. The lowest BCUT2D eigenvalue weighted by Crippen LogP contribution is -2.06. The van der Waals surface area contributed by atoms with Crippen LogP contribution < -0.4 is 4.74 Å². The van der Waals surface area contributed by atoms with Crippen LogP contribution in [0.4, 0.5) is 0 Å². The Kier molecular flexibility index (Phi) is 4.06. The molecule has 1 aliphatic carbocycles. The summed E-state index contributed by atoms with van der Waals surface area (Å²) in [5.74, 6) is 2.26. The SMILES string of the molecule is CC(C)Oc1ccc(C(CCO)C2CC2)cc1. The smallest absolute Gasteiger partial charge is 0.119 e. The third kappa shape index (κ3) is 3.47. The lowest BCUT2D eigenvalue weighted by atomic mass is 9.91. The van der Waals surface area contributed by atoms with Crippen molar-refractivity contribution in [2.45, 2.75) is 45.1 Å². The standard InChI is InChI=1S/C15H22O2/c1-11(2)17-14-7-5-13(6-8-14)15(9-10-16)12-3-4-12/h5-8,11-12,15-16H,3-4,9-10H2,1-2H3. The lowest BCUT2D eigenvalue weighted by molar-refractivity contribution is 0.242. The first kappa shape index (κ1) is 12.4. The van der Waals surface area contributed by atoms with Gasteiger partial charge < -0.3 is 9.84 Å². The van der Waals surface area contributed by atoms with Gasteiger partial charge in [-0.15, -0.1) is 0 Å². The van der Waals surface area contributed by atoms with Gasteiger partial charge in [0.15, 0.2) is 0 Å². The highest BCUT2D eigenvalue weighted by atomic mass is 16.5. The van der Waals surface area contributed by atoms with Crippen LogP contribution in [0.3, 0.4) is 0 Å². The maximum Gasteiger partial charge on any atom is 0.119 e. The molecule has 1 N–H and O–H groups in total. The van der Waals surface area contributed by atoms with Crippen LogP contribution in [-0.2, 0) is 0 Å². The molecule has 1 aliphatic rings. The van der Waals surface area contributed by atoms with E-state index in [2.05, 4.69) is 12.1 Å². The van der Waals surface area contributed by atoms with Crippen LogP contribution in [0.15, 0.2) is 24.3 Å². The summed E-state index contributed by atoms with van der Waals surface area (Å²) in [5.41, 5.74) is 1.35. The van der Waals surface area contributed by atoms with E-state index in [9.17, 15) is 0 Å². The molecule has 0 heterocycles. The monoisotopic (exact) mass is 234 g/mol. The van der Waals surface area contributed by atoms with Crippen molar-refractivity contribution in [3.63, 3.8) is 0 Å². The third-order valence-electron chi connectivity index (χ3n) is 3.31. The highest BCUT2D eigenvalue weighted by molar-refractivity contribution is 5.30. The zero-order valence-electron chi connectivity index (χ0n) is 10.7. The molecule has 0 spiro atoms. The molecule has 2 nitrogen and oxygen atoms in total. The van der Waals surface area contributed by atoms with E-state index in [1.54, 1.807) is 0 Å². The highest BCUT2D eigenvalue weighted by Gasteiger charge is 2.31. The van der Waals surface area contributed by atoms with Crippen LogP contribution in [0.2, 0.25) is 0 Å². The van der Waals surface area contributed by atoms with E-state index in [4.69, 9.17) is 9.84 Å². The topological polar surface area (TPSA) is 29.5 Å². The van der Waals surface area contributed by atoms with Crippen molar-refractivity contribution in [2.24, 2.45) is 5.92 Å². The second kappa shape index (κ2) is 5.54. The normalized spacial score (nSPS) is 17.2. The van der Waals surface area contributed by atoms with Gasteiger partial charge in [-0.3, -0.25) is 0 Å². The number of hydrogen-bond donors (Lipinski definition) is 1. The van der Waals surface area contributed by atoms with Crippen LogP contribution >= 0.6 is 0 Å². The summed E-state index contributed by atoms with van der Waals surface area (Å²) in [7, 11) is 0. The van der Waals surface area contributed by atoms with E-state index in [-0.39, 0.29) is 12.7 Å². The van der Waals surface area contributed by atoms with E-state index >= 15 is 0 Å². The van der Waals surface area contributed by atoms with Crippen LogP contribution in [0.1, 0.15) is 44.6 Å². The minimum absolute atomic E-state index is 0.220. The molecular formula is C15H22O2. The van der Waals surface area contributed by atoms with Crippen molar-refractivity contribution in [1.82, 2.24) is 0 Å². The Hall–Kier alpha value is -1.02. The number of ether oxygens (including phenoxy) is 1. The summed E-state index contributed by atoms with van der Waals surface area (Å²) >= 11 is 0. The molecule has 1 aromatic carbocycles. The predicted molar refractivity (Wildman–Crippen MR) is 69.4 cm³/mol. The zero-order valence-corrected chi connectivity index (χ0v) is 10.7. The molecule has 17 heavy (non-hydrogen) atoms. The molecule has 1 aromatic rings.